The third-order valence-electron chi connectivity index (χ3n) is 3.53. The Morgan fingerprint density at radius 2 is 2.07 bits per heavy atom. The van der Waals surface area contributed by atoms with E-state index in [2.05, 4.69) is 16.6 Å². The molecule has 2 rings (SSSR count). The Kier molecular flexibility index (Phi) is 6.91. The minimum absolute atomic E-state index is 0.0214. The molecule has 0 saturated heterocycles. The van der Waals surface area contributed by atoms with Crippen LogP contribution in [0.3, 0.4) is 0 Å². The quantitative estimate of drug-likeness (QED) is 0.494. The number of aryl methyl sites for hydroxylation is 1. The molecule has 8 nitrogen and oxygen atoms in total. The zero-order valence-corrected chi connectivity index (χ0v) is 15.5. The molecule has 1 aromatic heterocycles. The summed E-state index contributed by atoms with van der Waals surface area (Å²) in [6, 6.07) is 7.37. The van der Waals surface area contributed by atoms with Gasteiger partial charge in [-0.25, -0.2) is 17.9 Å². The van der Waals surface area contributed by atoms with Crippen LogP contribution >= 0.6 is 0 Å². The summed E-state index contributed by atoms with van der Waals surface area (Å²) >= 11 is 0. The number of furan rings is 1. The van der Waals surface area contributed by atoms with Gasteiger partial charge in [-0.1, -0.05) is 12.1 Å². The van der Waals surface area contributed by atoms with Gasteiger partial charge in [0.25, 0.3) is 5.91 Å². The molecule has 0 aliphatic rings. The van der Waals surface area contributed by atoms with Gasteiger partial charge in [-0.2, -0.15) is 0 Å². The first-order chi connectivity index (χ1) is 12.8. The maximum atomic E-state index is 12.4. The van der Waals surface area contributed by atoms with Crippen LogP contribution in [0.15, 0.2) is 58.6 Å². The van der Waals surface area contributed by atoms with Crippen LogP contribution in [0.5, 0.6) is 0 Å². The van der Waals surface area contributed by atoms with E-state index in [1.807, 2.05) is 0 Å². The molecule has 0 aliphatic carbocycles. The lowest BCUT2D eigenvalue weighted by Gasteiger charge is -2.10. The fourth-order valence-electron chi connectivity index (χ4n) is 2.10. The van der Waals surface area contributed by atoms with E-state index in [0.29, 0.717) is 11.3 Å². The number of hydrogen-bond acceptors (Lipinski definition) is 6. The van der Waals surface area contributed by atoms with Crippen molar-refractivity contribution in [3.05, 3.63) is 66.1 Å². The van der Waals surface area contributed by atoms with Crippen molar-refractivity contribution in [3.63, 3.8) is 0 Å². The molecular weight excluding hydrogens is 372 g/mol. The fraction of sp³-hybridized carbons (Fsp3) is 0.222. The predicted octanol–water partition coefficient (Wildman–Crippen LogP) is 1.53. The Morgan fingerprint density at radius 1 is 1.30 bits per heavy atom. The number of esters is 1. The molecule has 2 N–H and O–H groups in total. The topological polar surface area (TPSA) is 115 Å². The first-order valence-corrected chi connectivity index (χ1v) is 9.49. The van der Waals surface area contributed by atoms with E-state index in [9.17, 15) is 18.0 Å². The van der Waals surface area contributed by atoms with Gasteiger partial charge in [-0.15, -0.1) is 6.58 Å². The summed E-state index contributed by atoms with van der Waals surface area (Å²) in [5.74, 6) is -0.815. The average molecular weight is 392 g/mol. The number of carbonyl (C=O) groups is 2. The second kappa shape index (κ2) is 9.15. The van der Waals surface area contributed by atoms with E-state index in [4.69, 9.17) is 9.15 Å². The van der Waals surface area contributed by atoms with E-state index >= 15 is 0 Å². The van der Waals surface area contributed by atoms with Gasteiger partial charge in [0.05, 0.1) is 23.3 Å². The largest absolute Gasteiger partial charge is 0.468 e. The molecule has 1 amide bonds. The summed E-state index contributed by atoms with van der Waals surface area (Å²) in [6.45, 7) is 4.86. The smallest absolute Gasteiger partial charge is 0.338 e. The highest BCUT2D eigenvalue weighted by Crippen LogP contribution is 2.17. The van der Waals surface area contributed by atoms with E-state index in [0.717, 1.165) is 0 Å². The van der Waals surface area contributed by atoms with Crippen molar-refractivity contribution < 1.29 is 27.2 Å². The highest BCUT2D eigenvalue weighted by Gasteiger charge is 2.19. The fourth-order valence-corrected chi connectivity index (χ4v) is 3.12. The standard InChI is InChI=1S/C18H20N2O6S/c1-3-8-19-17(21)12-26-18(22)16-10-15(7-6-13(16)2)27(23,24)20-11-14-5-4-9-25-14/h3-7,9-10,20H,1,8,11-12H2,2H3,(H,19,21). The van der Waals surface area contributed by atoms with Crippen molar-refractivity contribution in [2.75, 3.05) is 13.2 Å². The maximum absolute atomic E-state index is 12.4. The highest BCUT2D eigenvalue weighted by atomic mass is 32.2. The van der Waals surface area contributed by atoms with Crippen LogP contribution in [0.1, 0.15) is 21.7 Å². The van der Waals surface area contributed by atoms with Gasteiger partial charge in [0.1, 0.15) is 5.76 Å². The van der Waals surface area contributed by atoms with Crippen LogP contribution in [0.4, 0.5) is 0 Å². The molecular formula is C18H20N2O6S. The molecule has 0 saturated carbocycles. The lowest BCUT2D eigenvalue weighted by atomic mass is 10.1. The van der Waals surface area contributed by atoms with Crippen molar-refractivity contribution in [1.29, 1.82) is 0 Å². The summed E-state index contributed by atoms with van der Waals surface area (Å²) in [5.41, 5.74) is 0.587. The first-order valence-electron chi connectivity index (χ1n) is 8.01. The Hall–Kier alpha value is -2.91. The summed E-state index contributed by atoms with van der Waals surface area (Å²) in [5, 5.41) is 2.47. The Morgan fingerprint density at radius 3 is 2.74 bits per heavy atom. The monoisotopic (exact) mass is 392 g/mol. The lowest BCUT2D eigenvalue weighted by Crippen LogP contribution is -2.29. The van der Waals surface area contributed by atoms with E-state index in [1.165, 1.54) is 30.5 Å². The van der Waals surface area contributed by atoms with Crippen LogP contribution in [-0.2, 0) is 26.1 Å². The second-order valence-corrected chi connectivity index (χ2v) is 7.32. The van der Waals surface area contributed by atoms with Gasteiger partial charge in [0, 0.05) is 6.54 Å². The summed E-state index contributed by atoms with van der Waals surface area (Å²) < 4.78 is 37.3. The predicted molar refractivity (Wildman–Crippen MR) is 97.4 cm³/mol. The van der Waals surface area contributed by atoms with E-state index in [-0.39, 0.29) is 23.5 Å². The van der Waals surface area contributed by atoms with Crippen LogP contribution in [-0.4, -0.2) is 33.4 Å². The molecule has 0 spiro atoms. The SMILES string of the molecule is C=CCNC(=O)COC(=O)c1cc(S(=O)(=O)NCc2ccco2)ccc1C. The number of hydrogen-bond donors (Lipinski definition) is 2. The van der Waals surface area contributed by atoms with Gasteiger partial charge in [0.15, 0.2) is 6.61 Å². The van der Waals surface area contributed by atoms with E-state index < -0.39 is 28.5 Å². The van der Waals surface area contributed by atoms with Crippen LogP contribution in [0.25, 0.3) is 0 Å². The molecule has 27 heavy (non-hydrogen) atoms. The van der Waals surface area contributed by atoms with Gasteiger partial charge in [-0.05, 0) is 36.8 Å². The third kappa shape index (κ3) is 5.80. The highest BCUT2D eigenvalue weighted by molar-refractivity contribution is 7.89. The van der Waals surface area contributed by atoms with Crippen molar-refractivity contribution in [1.82, 2.24) is 10.0 Å². The molecule has 0 unspecified atom stereocenters. The number of nitrogens with one attached hydrogen (secondary N) is 2. The summed E-state index contributed by atoms with van der Waals surface area (Å²) in [6.07, 6.45) is 2.93. The zero-order chi connectivity index (χ0) is 19.9. The molecule has 0 atom stereocenters. The van der Waals surface area contributed by atoms with Crippen LogP contribution < -0.4 is 10.0 Å². The Bertz CT molecular complexity index is 919. The minimum Gasteiger partial charge on any atom is -0.468 e. The van der Waals surface area contributed by atoms with E-state index in [1.54, 1.807) is 19.1 Å². The van der Waals surface area contributed by atoms with Gasteiger partial charge >= 0.3 is 5.97 Å². The molecule has 9 heteroatoms. The molecule has 0 fully saturated rings. The number of benzene rings is 1. The number of rotatable bonds is 9. The van der Waals surface area contributed by atoms with Gasteiger partial charge in [0.2, 0.25) is 10.0 Å². The van der Waals surface area contributed by atoms with Crippen LogP contribution in [0, 0.1) is 6.92 Å². The van der Waals surface area contributed by atoms with Crippen molar-refractivity contribution in [3.8, 4) is 0 Å². The normalized spacial score (nSPS) is 11.0. The Labute approximate surface area is 157 Å². The average Bonchev–Trinajstić information content (AvgIpc) is 3.16. The van der Waals surface area contributed by atoms with Crippen molar-refractivity contribution in [2.45, 2.75) is 18.4 Å². The van der Waals surface area contributed by atoms with Crippen molar-refractivity contribution >= 4 is 21.9 Å². The van der Waals surface area contributed by atoms with Gasteiger partial charge < -0.3 is 14.5 Å². The Balaban J connectivity index is 2.08. The van der Waals surface area contributed by atoms with Gasteiger partial charge in [-0.3, -0.25) is 4.79 Å². The number of ether oxygens (including phenoxy) is 1. The lowest BCUT2D eigenvalue weighted by molar-refractivity contribution is -0.124. The number of sulfonamides is 1. The zero-order valence-electron chi connectivity index (χ0n) is 14.7. The molecule has 2 aromatic rings. The van der Waals surface area contributed by atoms with Crippen LogP contribution in [0.2, 0.25) is 0 Å². The summed E-state index contributed by atoms with van der Waals surface area (Å²) in [7, 11) is -3.86. The molecule has 0 radical (unpaired) electrons. The minimum atomic E-state index is -3.86. The molecule has 0 aliphatic heterocycles. The number of amides is 1. The summed E-state index contributed by atoms with van der Waals surface area (Å²) in [4.78, 5) is 23.6. The molecule has 144 valence electrons. The molecule has 0 bridgehead atoms. The molecule has 1 aromatic carbocycles. The van der Waals surface area contributed by atoms with Crippen molar-refractivity contribution in [2.24, 2.45) is 0 Å². The third-order valence-corrected chi connectivity index (χ3v) is 4.93. The number of carbonyl (C=O) groups excluding carboxylic acids is 2. The first kappa shape index (κ1) is 20.4. The molecule has 1 heterocycles. The maximum Gasteiger partial charge on any atom is 0.338 e. The second-order valence-electron chi connectivity index (χ2n) is 5.55.